The van der Waals surface area contributed by atoms with Crippen LogP contribution in [0.25, 0.3) is 10.8 Å². The van der Waals surface area contributed by atoms with E-state index in [-0.39, 0.29) is 0 Å². The van der Waals surface area contributed by atoms with Crippen molar-refractivity contribution in [1.82, 2.24) is 0 Å². The van der Waals surface area contributed by atoms with Gasteiger partial charge in [0.05, 0.1) is 0 Å². The predicted octanol–water partition coefficient (Wildman–Crippen LogP) is 3.60. The maximum absolute atomic E-state index is 10.0. The minimum atomic E-state index is 0.330. The number of phenols is 1. The van der Waals surface area contributed by atoms with E-state index in [0.29, 0.717) is 17.5 Å². The standard InChI is InChI=1S/C14H14ClNO/c1-8-2-3-10-11(4-8)14-9(6-15)7-16-12(14)5-13(10)17/h2-5,9,16-17H,6-7H2,1H3. The predicted molar refractivity (Wildman–Crippen MR) is 72.3 cm³/mol. The average Bonchev–Trinajstić information content (AvgIpc) is 2.71. The van der Waals surface area contributed by atoms with E-state index in [9.17, 15) is 5.11 Å². The molecule has 17 heavy (non-hydrogen) atoms. The number of anilines is 1. The highest BCUT2D eigenvalue weighted by Crippen LogP contribution is 2.42. The van der Waals surface area contributed by atoms with Gasteiger partial charge in [-0.1, -0.05) is 23.8 Å². The molecule has 3 rings (SSSR count). The molecule has 0 aromatic heterocycles. The van der Waals surface area contributed by atoms with Gasteiger partial charge in [-0.25, -0.2) is 0 Å². The molecule has 1 heterocycles. The van der Waals surface area contributed by atoms with E-state index in [1.54, 1.807) is 6.07 Å². The number of alkyl halides is 1. The summed E-state index contributed by atoms with van der Waals surface area (Å²) < 4.78 is 0. The van der Waals surface area contributed by atoms with Crippen LogP contribution in [0, 0.1) is 6.92 Å². The molecule has 0 saturated carbocycles. The first kappa shape index (κ1) is 10.7. The van der Waals surface area contributed by atoms with E-state index < -0.39 is 0 Å². The van der Waals surface area contributed by atoms with Crippen molar-refractivity contribution in [2.45, 2.75) is 12.8 Å². The van der Waals surface area contributed by atoms with Crippen LogP contribution in [0.4, 0.5) is 5.69 Å². The van der Waals surface area contributed by atoms with E-state index in [2.05, 4.69) is 18.3 Å². The van der Waals surface area contributed by atoms with Gasteiger partial charge < -0.3 is 10.4 Å². The molecule has 2 nitrogen and oxygen atoms in total. The Kier molecular flexibility index (Phi) is 2.40. The van der Waals surface area contributed by atoms with Gasteiger partial charge in [0.1, 0.15) is 5.75 Å². The molecule has 3 heteroatoms. The zero-order chi connectivity index (χ0) is 12.0. The lowest BCUT2D eigenvalue weighted by molar-refractivity contribution is 0.482. The third kappa shape index (κ3) is 1.55. The van der Waals surface area contributed by atoms with Crippen LogP contribution in [0.1, 0.15) is 17.0 Å². The second-order valence-electron chi connectivity index (χ2n) is 4.64. The molecule has 1 atom stereocenters. The van der Waals surface area contributed by atoms with Crippen LogP contribution < -0.4 is 5.32 Å². The number of halogens is 1. The Hall–Kier alpha value is -1.41. The summed E-state index contributed by atoms with van der Waals surface area (Å²) in [6, 6.07) is 7.93. The third-order valence-electron chi connectivity index (χ3n) is 3.45. The normalized spacial score (nSPS) is 18.1. The number of aryl methyl sites for hydroxylation is 1. The molecule has 2 aromatic rings. The smallest absolute Gasteiger partial charge is 0.125 e. The number of nitrogens with one attached hydrogen (secondary N) is 1. The highest BCUT2D eigenvalue weighted by molar-refractivity contribution is 6.18. The van der Waals surface area contributed by atoms with Crippen LogP contribution >= 0.6 is 11.6 Å². The molecule has 0 aliphatic carbocycles. The summed E-state index contributed by atoms with van der Waals surface area (Å²) in [7, 11) is 0. The molecule has 2 aromatic carbocycles. The number of hydrogen-bond donors (Lipinski definition) is 2. The molecule has 1 aliphatic rings. The third-order valence-corrected chi connectivity index (χ3v) is 3.82. The first-order chi connectivity index (χ1) is 8.20. The number of aromatic hydroxyl groups is 1. The van der Waals surface area contributed by atoms with Crippen molar-refractivity contribution < 1.29 is 5.11 Å². The summed E-state index contributed by atoms with van der Waals surface area (Å²) in [5, 5.41) is 15.4. The molecule has 0 fully saturated rings. The van der Waals surface area contributed by atoms with Gasteiger partial charge in [-0.3, -0.25) is 0 Å². The van der Waals surface area contributed by atoms with Gasteiger partial charge in [0, 0.05) is 35.5 Å². The van der Waals surface area contributed by atoms with Crippen LogP contribution in [0.3, 0.4) is 0 Å². The lowest BCUT2D eigenvalue weighted by Crippen LogP contribution is -2.02. The Balaban J connectivity index is 2.38. The molecule has 0 saturated heterocycles. The van der Waals surface area contributed by atoms with Crippen LogP contribution in [-0.4, -0.2) is 17.5 Å². The van der Waals surface area contributed by atoms with Gasteiger partial charge in [-0.05, 0) is 17.9 Å². The summed E-state index contributed by atoms with van der Waals surface area (Å²) in [4.78, 5) is 0. The van der Waals surface area contributed by atoms with Crippen molar-refractivity contribution in [3.05, 3.63) is 35.4 Å². The molecule has 1 aliphatic heterocycles. The van der Waals surface area contributed by atoms with Gasteiger partial charge in [0.2, 0.25) is 0 Å². The summed E-state index contributed by atoms with van der Waals surface area (Å²) >= 11 is 6.01. The molecule has 0 spiro atoms. The summed E-state index contributed by atoms with van der Waals surface area (Å²) in [5.41, 5.74) is 3.47. The monoisotopic (exact) mass is 247 g/mol. The average molecular weight is 248 g/mol. The Morgan fingerprint density at radius 1 is 1.35 bits per heavy atom. The summed E-state index contributed by atoms with van der Waals surface area (Å²) in [6.45, 7) is 2.92. The molecule has 1 unspecified atom stereocenters. The fourth-order valence-corrected chi connectivity index (χ4v) is 2.86. The van der Waals surface area contributed by atoms with E-state index in [4.69, 9.17) is 11.6 Å². The topological polar surface area (TPSA) is 32.3 Å². The lowest BCUT2D eigenvalue weighted by atomic mass is 9.94. The molecular weight excluding hydrogens is 234 g/mol. The van der Waals surface area contributed by atoms with Crippen LogP contribution in [0.5, 0.6) is 5.75 Å². The zero-order valence-electron chi connectivity index (χ0n) is 9.63. The van der Waals surface area contributed by atoms with Crippen molar-refractivity contribution >= 4 is 28.1 Å². The molecular formula is C14H14ClNO. The molecule has 0 radical (unpaired) electrons. The number of rotatable bonds is 1. The number of hydrogen-bond acceptors (Lipinski definition) is 2. The van der Waals surface area contributed by atoms with Crippen molar-refractivity contribution in [3.8, 4) is 5.75 Å². The second kappa shape index (κ2) is 3.81. The minimum Gasteiger partial charge on any atom is -0.507 e. The number of benzene rings is 2. The van der Waals surface area contributed by atoms with Gasteiger partial charge >= 0.3 is 0 Å². The largest absolute Gasteiger partial charge is 0.507 e. The Morgan fingerprint density at radius 2 is 2.18 bits per heavy atom. The fourth-order valence-electron chi connectivity index (χ4n) is 2.59. The molecule has 2 N–H and O–H groups in total. The highest BCUT2D eigenvalue weighted by Gasteiger charge is 2.25. The quantitative estimate of drug-likeness (QED) is 0.755. The number of phenolic OH excluding ortho intramolecular Hbond substituents is 1. The van der Waals surface area contributed by atoms with Crippen LogP contribution in [-0.2, 0) is 0 Å². The lowest BCUT2D eigenvalue weighted by Gasteiger charge is -2.11. The Morgan fingerprint density at radius 3 is 2.94 bits per heavy atom. The first-order valence-electron chi connectivity index (χ1n) is 5.76. The molecule has 88 valence electrons. The highest BCUT2D eigenvalue weighted by atomic mass is 35.5. The van der Waals surface area contributed by atoms with E-state index in [1.165, 1.54) is 11.1 Å². The van der Waals surface area contributed by atoms with Gasteiger partial charge in [0.25, 0.3) is 0 Å². The zero-order valence-corrected chi connectivity index (χ0v) is 10.4. The van der Waals surface area contributed by atoms with Gasteiger partial charge in [-0.15, -0.1) is 11.6 Å². The van der Waals surface area contributed by atoms with Crippen molar-refractivity contribution in [3.63, 3.8) is 0 Å². The maximum atomic E-state index is 10.0. The van der Waals surface area contributed by atoms with Gasteiger partial charge in [0.15, 0.2) is 0 Å². The maximum Gasteiger partial charge on any atom is 0.125 e. The minimum absolute atomic E-state index is 0.330. The van der Waals surface area contributed by atoms with Gasteiger partial charge in [-0.2, -0.15) is 0 Å². The van der Waals surface area contributed by atoms with E-state index >= 15 is 0 Å². The van der Waals surface area contributed by atoms with Crippen LogP contribution in [0.2, 0.25) is 0 Å². The van der Waals surface area contributed by atoms with Crippen molar-refractivity contribution in [2.75, 3.05) is 17.7 Å². The Labute approximate surface area is 105 Å². The molecule has 0 bridgehead atoms. The Bertz CT molecular complexity index is 594. The molecule has 0 amide bonds. The SMILES string of the molecule is Cc1ccc2c(O)cc3c(c2c1)C(CCl)CN3. The van der Waals surface area contributed by atoms with E-state index in [0.717, 1.165) is 23.0 Å². The van der Waals surface area contributed by atoms with Crippen LogP contribution in [0.15, 0.2) is 24.3 Å². The number of fused-ring (bicyclic) bond motifs is 3. The summed E-state index contributed by atoms with van der Waals surface area (Å²) in [6.07, 6.45) is 0. The summed E-state index contributed by atoms with van der Waals surface area (Å²) in [5.74, 6) is 1.27. The second-order valence-corrected chi connectivity index (χ2v) is 4.95. The van der Waals surface area contributed by atoms with Crippen molar-refractivity contribution in [2.24, 2.45) is 0 Å². The first-order valence-corrected chi connectivity index (χ1v) is 6.30. The van der Waals surface area contributed by atoms with E-state index in [1.807, 2.05) is 12.1 Å². The fraction of sp³-hybridized carbons (Fsp3) is 0.286. The van der Waals surface area contributed by atoms with Crippen molar-refractivity contribution in [1.29, 1.82) is 0 Å².